The van der Waals surface area contributed by atoms with Crippen LogP contribution in [0.1, 0.15) is 13.3 Å². The second-order valence-corrected chi connectivity index (χ2v) is 3.48. The van der Waals surface area contributed by atoms with Crippen molar-refractivity contribution in [2.24, 2.45) is 0 Å². The zero-order chi connectivity index (χ0) is 12.6. The third-order valence-electron chi connectivity index (χ3n) is 1.95. The lowest BCUT2D eigenvalue weighted by Gasteiger charge is -2.28. The Hall–Kier alpha value is -1.61. The van der Waals surface area contributed by atoms with Gasteiger partial charge in [-0.1, -0.05) is 6.08 Å². The van der Waals surface area contributed by atoms with Crippen LogP contribution in [0, 0.1) is 11.3 Å². The summed E-state index contributed by atoms with van der Waals surface area (Å²) in [4.78, 5) is 12.3. The fraction of sp³-hybridized carbons (Fsp3) is 0.500. The van der Waals surface area contributed by atoms with Gasteiger partial charge in [0.25, 0.3) is 0 Å². The summed E-state index contributed by atoms with van der Waals surface area (Å²) in [6, 6.07) is 1.21. The lowest BCUT2D eigenvalue weighted by Crippen LogP contribution is -2.48. The average molecular weight is 241 g/mol. The van der Waals surface area contributed by atoms with Crippen LogP contribution in [-0.4, -0.2) is 40.2 Å². The summed E-state index contributed by atoms with van der Waals surface area (Å²) < 4.78 is 0. The van der Waals surface area contributed by atoms with E-state index in [0.29, 0.717) is 18.2 Å². The van der Waals surface area contributed by atoms with E-state index >= 15 is 0 Å². The van der Waals surface area contributed by atoms with Gasteiger partial charge in [0.05, 0.1) is 12.5 Å². The monoisotopic (exact) mass is 241 g/mol. The minimum atomic E-state index is -0.972. The molecule has 88 valence electrons. The summed E-state index contributed by atoms with van der Waals surface area (Å²) in [5.74, 6) is -0.972. The van der Waals surface area contributed by atoms with Gasteiger partial charge >= 0.3 is 5.97 Å². The standard InChI is InChI=1S/C10H15N3O2S/c1-3-6-12-10(16)13(7-4-5-11)8(2)9(14)15/h3,8H,1,4,6-7H2,2H3,(H,12,16)(H,14,15). The summed E-state index contributed by atoms with van der Waals surface area (Å²) in [7, 11) is 0. The van der Waals surface area contributed by atoms with Crippen molar-refractivity contribution in [3.63, 3.8) is 0 Å². The molecule has 1 unspecified atom stereocenters. The van der Waals surface area contributed by atoms with Crippen LogP contribution in [0.15, 0.2) is 12.7 Å². The molecule has 6 heteroatoms. The molecule has 0 spiro atoms. The highest BCUT2D eigenvalue weighted by atomic mass is 32.1. The van der Waals surface area contributed by atoms with Crippen molar-refractivity contribution in [2.75, 3.05) is 13.1 Å². The Morgan fingerprint density at radius 3 is 2.88 bits per heavy atom. The van der Waals surface area contributed by atoms with Crippen molar-refractivity contribution >= 4 is 23.3 Å². The SMILES string of the molecule is C=CCNC(=S)N(CCC#N)C(C)C(=O)O. The molecule has 0 rings (SSSR count). The predicted octanol–water partition coefficient (Wildman–Crippen LogP) is 0.736. The van der Waals surface area contributed by atoms with Gasteiger partial charge in [-0.25, -0.2) is 4.79 Å². The van der Waals surface area contributed by atoms with E-state index < -0.39 is 12.0 Å². The number of hydrogen-bond acceptors (Lipinski definition) is 3. The Morgan fingerprint density at radius 1 is 1.81 bits per heavy atom. The summed E-state index contributed by atoms with van der Waals surface area (Å²) in [5, 5.41) is 20.6. The van der Waals surface area contributed by atoms with E-state index in [1.807, 2.05) is 6.07 Å². The molecule has 0 bridgehead atoms. The Kier molecular flexibility index (Phi) is 6.88. The maximum atomic E-state index is 10.8. The molecule has 0 amide bonds. The maximum absolute atomic E-state index is 10.8. The Morgan fingerprint density at radius 2 is 2.44 bits per heavy atom. The highest BCUT2D eigenvalue weighted by Gasteiger charge is 2.22. The molecule has 0 radical (unpaired) electrons. The third kappa shape index (κ3) is 4.75. The normalized spacial score (nSPS) is 11.0. The van der Waals surface area contributed by atoms with Gasteiger partial charge in [-0.3, -0.25) is 0 Å². The van der Waals surface area contributed by atoms with Crippen LogP contribution in [0.2, 0.25) is 0 Å². The zero-order valence-corrected chi connectivity index (χ0v) is 9.96. The van der Waals surface area contributed by atoms with E-state index in [9.17, 15) is 4.79 Å². The summed E-state index contributed by atoms with van der Waals surface area (Å²) in [6.07, 6.45) is 1.85. The van der Waals surface area contributed by atoms with Crippen LogP contribution < -0.4 is 5.32 Å². The Bertz CT molecular complexity index is 312. The smallest absolute Gasteiger partial charge is 0.326 e. The number of carboxylic acid groups (broad SMARTS) is 1. The number of nitrogens with one attached hydrogen (secondary N) is 1. The van der Waals surface area contributed by atoms with Gasteiger partial charge in [0.15, 0.2) is 5.11 Å². The molecule has 0 aromatic heterocycles. The number of thiocarbonyl (C=S) groups is 1. The van der Waals surface area contributed by atoms with Crippen molar-refractivity contribution < 1.29 is 9.90 Å². The molecule has 0 heterocycles. The van der Waals surface area contributed by atoms with Gasteiger partial charge in [0.2, 0.25) is 0 Å². The average Bonchev–Trinajstić information content (AvgIpc) is 2.26. The van der Waals surface area contributed by atoms with Crippen LogP contribution in [0.3, 0.4) is 0 Å². The molecule has 0 aromatic carbocycles. The number of hydrogen-bond donors (Lipinski definition) is 2. The number of carboxylic acids is 1. The molecule has 1 atom stereocenters. The third-order valence-corrected chi connectivity index (χ3v) is 2.33. The molecule has 16 heavy (non-hydrogen) atoms. The first kappa shape index (κ1) is 14.4. The Balaban J connectivity index is 4.52. The van der Waals surface area contributed by atoms with Crippen LogP contribution >= 0.6 is 12.2 Å². The number of aliphatic carboxylic acids is 1. The molecular formula is C10H15N3O2S. The number of nitrogens with zero attached hydrogens (tertiary/aromatic N) is 2. The summed E-state index contributed by atoms with van der Waals surface area (Å²) in [6.45, 7) is 5.82. The first-order valence-electron chi connectivity index (χ1n) is 4.79. The molecule has 2 N–H and O–H groups in total. The van der Waals surface area contributed by atoms with Gasteiger partial charge in [-0.2, -0.15) is 5.26 Å². The molecule has 0 aromatic rings. The van der Waals surface area contributed by atoms with Crippen LogP contribution in [0.25, 0.3) is 0 Å². The molecule has 0 aliphatic rings. The van der Waals surface area contributed by atoms with Crippen LogP contribution in [0.5, 0.6) is 0 Å². The predicted molar refractivity (Wildman–Crippen MR) is 64.8 cm³/mol. The van der Waals surface area contributed by atoms with Crippen molar-refractivity contribution in [1.29, 1.82) is 5.26 Å². The minimum Gasteiger partial charge on any atom is -0.480 e. The number of nitriles is 1. The second-order valence-electron chi connectivity index (χ2n) is 3.09. The maximum Gasteiger partial charge on any atom is 0.326 e. The molecule has 0 saturated heterocycles. The molecule has 0 aliphatic heterocycles. The highest BCUT2D eigenvalue weighted by Crippen LogP contribution is 2.02. The van der Waals surface area contributed by atoms with E-state index in [2.05, 4.69) is 11.9 Å². The quantitative estimate of drug-likeness (QED) is 0.527. The van der Waals surface area contributed by atoms with Crippen LogP contribution in [0.4, 0.5) is 0 Å². The number of rotatable bonds is 6. The lowest BCUT2D eigenvalue weighted by atomic mass is 10.3. The van der Waals surface area contributed by atoms with Crippen molar-refractivity contribution in [1.82, 2.24) is 10.2 Å². The van der Waals surface area contributed by atoms with Gasteiger partial charge in [0.1, 0.15) is 6.04 Å². The van der Waals surface area contributed by atoms with Gasteiger partial charge in [0, 0.05) is 13.1 Å². The zero-order valence-electron chi connectivity index (χ0n) is 9.14. The molecule has 0 aliphatic carbocycles. The molecule has 0 saturated carbocycles. The minimum absolute atomic E-state index is 0.230. The van der Waals surface area contributed by atoms with Crippen molar-refractivity contribution in [3.05, 3.63) is 12.7 Å². The molecule has 5 nitrogen and oxygen atoms in total. The van der Waals surface area contributed by atoms with Crippen LogP contribution in [-0.2, 0) is 4.79 Å². The Labute approximate surface area is 100 Å². The van der Waals surface area contributed by atoms with E-state index in [1.54, 1.807) is 6.08 Å². The molecular weight excluding hydrogens is 226 g/mol. The van der Waals surface area contributed by atoms with E-state index in [4.69, 9.17) is 22.6 Å². The van der Waals surface area contributed by atoms with E-state index in [1.165, 1.54) is 11.8 Å². The van der Waals surface area contributed by atoms with Crippen molar-refractivity contribution in [3.8, 4) is 6.07 Å². The fourth-order valence-corrected chi connectivity index (χ4v) is 1.37. The first-order chi connectivity index (χ1) is 7.54. The lowest BCUT2D eigenvalue weighted by molar-refractivity contribution is -0.141. The van der Waals surface area contributed by atoms with E-state index in [0.717, 1.165) is 0 Å². The molecule has 0 fully saturated rings. The fourth-order valence-electron chi connectivity index (χ4n) is 1.04. The topological polar surface area (TPSA) is 76.4 Å². The van der Waals surface area contributed by atoms with Gasteiger partial charge < -0.3 is 15.3 Å². The first-order valence-corrected chi connectivity index (χ1v) is 5.20. The highest BCUT2D eigenvalue weighted by molar-refractivity contribution is 7.80. The largest absolute Gasteiger partial charge is 0.480 e. The van der Waals surface area contributed by atoms with Crippen molar-refractivity contribution in [2.45, 2.75) is 19.4 Å². The van der Waals surface area contributed by atoms with Gasteiger partial charge in [-0.15, -0.1) is 6.58 Å². The second kappa shape index (κ2) is 7.65. The van der Waals surface area contributed by atoms with E-state index in [-0.39, 0.29) is 6.42 Å². The summed E-state index contributed by atoms with van der Waals surface area (Å²) >= 11 is 5.04. The summed E-state index contributed by atoms with van der Waals surface area (Å²) in [5.41, 5.74) is 0. The number of carbonyl (C=O) groups is 1. The van der Waals surface area contributed by atoms with Gasteiger partial charge in [-0.05, 0) is 19.1 Å².